The van der Waals surface area contributed by atoms with Gasteiger partial charge in [0.2, 0.25) is 16.9 Å². The second-order valence-corrected chi connectivity index (χ2v) is 19.7. The number of anilines is 1. The average molecular weight is 961 g/mol. The van der Waals surface area contributed by atoms with E-state index in [0.29, 0.717) is 18.4 Å². The molecule has 10 N–H and O–H groups in total. The van der Waals surface area contributed by atoms with Crippen LogP contribution in [0, 0.1) is 5.41 Å². The smallest absolute Gasteiger partial charge is 0.481 e. The van der Waals surface area contributed by atoms with Gasteiger partial charge in [-0.25, -0.2) is 28.6 Å². The van der Waals surface area contributed by atoms with Crippen molar-refractivity contribution in [2.75, 3.05) is 37.8 Å². The molecular formula is C32H49N7O19P3S-. The Labute approximate surface area is 358 Å². The van der Waals surface area contributed by atoms with Crippen LogP contribution in [0.15, 0.2) is 36.0 Å². The highest BCUT2D eigenvalue weighted by Gasteiger charge is 2.50. The van der Waals surface area contributed by atoms with E-state index in [1.165, 1.54) is 19.9 Å². The van der Waals surface area contributed by atoms with E-state index < -0.39 is 95.6 Å². The zero-order valence-corrected chi connectivity index (χ0v) is 37.2. The van der Waals surface area contributed by atoms with Crippen molar-refractivity contribution in [3.05, 3.63) is 36.0 Å². The number of phosphoric acid groups is 3. The number of aliphatic hydroxyl groups is 2. The SMILES string of the molecule is CC(C)=CCC/C(=C\C(=O)SCCNC(=O)CCNC(=O)[C@@H](O)C(C)(C)COP(=O)(O)OP(=O)(O)OC[C@H]1O[C@@H](n2cnc3c(N)ncnc32)[C@H](O)[C@@H]1OP(=O)(O)O)CC(=O)[O-]. The number of carbonyl (C=O) groups is 4. The summed E-state index contributed by atoms with van der Waals surface area (Å²) in [7, 11) is -16.5. The Morgan fingerprint density at radius 3 is 2.37 bits per heavy atom. The predicted octanol–water partition coefficient (Wildman–Crippen LogP) is -0.522. The number of aliphatic hydroxyl groups excluding tert-OH is 2. The third-order valence-electron chi connectivity index (χ3n) is 8.46. The van der Waals surface area contributed by atoms with Gasteiger partial charge >= 0.3 is 23.5 Å². The molecule has 0 radical (unpaired) electrons. The molecule has 0 saturated carbocycles. The van der Waals surface area contributed by atoms with Crippen LogP contribution >= 0.6 is 35.2 Å². The predicted molar refractivity (Wildman–Crippen MR) is 213 cm³/mol. The summed E-state index contributed by atoms with van der Waals surface area (Å²) in [6.45, 7) is 3.96. The molecule has 348 valence electrons. The van der Waals surface area contributed by atoms with Crippen LogP contribution < -0.4 is 21.5 Å². The maximum absolute atomic E-state index is 12.7. The van der Waals surface area contributed by atoms with Gasteiger partial charge in [0.05, 0.1) is 19.5 Å². The first-order valence-corrected chi connectivity index (χ1v) is 23.8. The number of amides is 2. The zero-order valence-electron chi connectivity index (χ0n) is 33.7. The number of hydrogen-bond donors (Lipinski definition) is 9. The van der Waals surface area contributed by atoms with Gasteiger partial charge in [-0.2, -0.15) is 4.31 Å². The van der Waals surface area contributed by atoms with Crippen LogP contribution in [0.2, 0.25) is 0 Å². The van der Waals surface area contributed by atoms with Crippen LogP contribution in [0.25, 0.3) is 11.2 Å². The lowest BCUT2D eigenvalue weighted by atomic mass is 9.87. The van der Waals surface area contributed by atoms with E-state index in [1.54, 1.807) is 0 Å². The number of fused-ring (bicyclic) bond motifs is 1. The van der Waals surface area contributed by atoms with Crippen molar-refractivity contribution in [3.63, 3.8) is 0 Å². The van der Waals surface area contributed by atoms with Crippen molar-refractivity contribution >= 4 is 75.1 Å². The summed E-state index contributed by atoms with van der Waals surface area (Å²) in [5.74, 6) is -2.75. The van der Waals surface area contributed by atoms with Crippen LogP contribution in [-0.2, 0) is 55.5 Å². The number of ether oxygens (including phenoxy) is 1. The molecule has 2 unspecified atom stereocenters. The second-order valence-electron chi connectivity index (χ2n) is 14.4. The van der Waals surface area contributed by atoms with Gasteiger partial charge in [-0.3, -0.25) is 32.5 Å². The van der Waals surface area contributed by atoms with Gasteiger partial charge in [0, 0.05) is 43.1 Å². The summed E-state index contributed by atoms with van der Waals surface area (Å²) >= 11 is 0.860. The summed E-state index contributed by atoms with van der Waals surface area (Å²) in [5, 5.41) is 37.0. The van der Waals surface area contributed by atoms with Gasteiger partial charge in [-0.1, -0.05) is 42.8 Å². The number of thioether (sulfide) groups is 1. The number of carboxylic acids is 1. The van der Waals surface area contributed by atoms with E-state index in [1.807, 2.05) is 19.9 Å². The number of allylic oxidation sites excluding steroid dienone is 2. The summed E-state index contributed by atoms with van der Waals surface area (Å²) in [6, 6.07) is 0. The highest BCUT2D eigenvalue weighted by molar-refractivity contribution is 8.14. The fourth-order valence-electron chi connectivity index (χ4n) is 5.43. The van der Waals surface area contributed by atoms with E-state index in [-0.39, 0.29) is 48.7 Å². The molecule has 3 heterocycles. The van der Waals surface area contributed by atoms with Crippen molar-refractivity contribution < 1.29 is 90.4 Å². The maximum atomic E-state index is 12.7. The number of carbonyl (C=O) groups excluding carboxylic acids is 4. The molecule has 30 heteroatoms. The number of carboxylic acid groups (broad SMARTS) is 1. The number of nitrogens with one attached hydrogen (secondary N) is 2. The minimum Gasteiger partial charge on any atom is -0.550 e. The molecule has 0 bridgehead atoms. The molecule has 26 nitrogen and oxygen atoms in total. The lowest BCUT2D eigenvalue weighted by molar-refractivity contribution is -0.304. The number of aliphatic carboxylic acids is 1. The first-order chi connectivity index (χ1) is 28.7. The van der Waals surface area contributed by atoms with Crippen molar-refractivity contribution in [2.45, 2.75) is 84.0 Å². The molecule has 1 aliphatic heterocycles. The van der Waals surface area contributed by atoms with Crippen molar-refractivity contribution in [1.82, 2.24) is 30.2 Å². The Morgan fingerprint density at radius 2 is 1.73 bits per heavy atom. The Bertz CT molecular complexity index is 2130. The van der Waals surface area contributed by atoms with Crippen LogP contribution in [0.3, 0.4) is 0 Å². The molecule has 1 aliphatic rings. The number of nitrogen functional groups attached to an aromatic ring is 1. The van der Waals surface area contributed by atoms with Gasteiger partial charge in [0.15, 0.2) is 17.7 Å². The fraction of sp³-hybridized carbons (Fsp3) is 0.594. The average Bonchev–Trinajstić information content (AvgIpc) is 3.71. The highest BCUT2D eigenvalue weighted by atomic mass is 32.2. The molecule has 3 rings (SSSR count). The number of hydrogen-bond acceptors (Lipinski definition) is 20. The first kappa shape index (κ1) is 52.9. The minimum atomic E-state index is -5.60. The normalized spacial score (nSPS) is 20.8. The summed E-state index contributed by atoms with van der Waals surface area (Å²) in [4.78, 5) is 99.2. The van der Waals surface area contributed by atoms with E-state index in [0.717, 1.165) is 34.6 Å². The molecular weight excluding hydrogens is 911 g/mol. The molecule has 62 heavy (non-hydrogen) atoms. The molecule has 0 aromatic carbocycles. The Hall–Kier alpha value is -3.49. The number of rotatable bonds is 25. The largest absolute Gasteiger partial charge is 0.550 e. The summed E-state index contributed by atoms with van der Waals surface area (Å²) < 4.78 is 62.2. The highest BCUT2D eigenvalue weighted by Crippen LogP contribution is 2.61. The molecule has 1 saturated heterocycles. The Balaban J connectivity index is 1.45. The molecule has 2 aromatic heterocycles. The van der Waals surface area contributed by atoms with Crippen molar-refractivity contribution in [3.8, 4) is 0 Å². The summed E-state index contributed by atoms with van der Waals surface area (Å²) in [6.07, 6.45) is -3.44. The van der Waals surface area contributed by atoms with Gasteiger partial charge in [0.1, 0.15) is 36.3 Å². The van der Waals surface area contributed by atoms with Crippen LogP contribution in [0.5, 0.6) is 0 Å². The van der Waals surface area contributed by atoms with Gasteiger partial charge < -0.3 is 60.8 Å². The topological polar surface area (TPSA) is 404 Å². The van der Waals surface area contributed by atoms with E-state index in [2.05, 4.69) is 34.4 Å². The molecule has 0 spiro atoms. The molecule has 2 aromatic rings. The van der Waals surface area contributed by atoms with Crippen LogP contribution in [0.1, 0.15) is 59.6 Å². The number of aromatic nitrogens is 4. The lowest BCUT2D eigenvalue weighted by Gasteiger charge is -2.30. The fourth-order valence-corrected chi connectivity index (χ4v) is 8.92. The molecule has 2 amide bonds. The Kier molecular flexibility index (Phi) is 19.5. The van der Waals surface area contributed by atoms with Gasteiger partial charge in [-0.05, 0) is 32.8 Å². The van der Waals surface area contributed by atoms with Crippen LogP contribution in [0.4, 0.5) is 5.82 Å². The second kappa shape index (κ2) is 22.9. The van der Waals surface area contributed by atoms with Crippen molar-refractivity contribution in [1.29, 1.82) is 0 Å². The number of imidazole rings is 1. The summed E-state index contributed by atoms with van der Waals surface area (Å²) in [5.41, 5.74) is 5.65. The number of phosphoric ester groups is 3. The van der Waals surface area contributed by atoms with Gasteiger partial charge in [0.25, 0.3) is 0 Å². The lowest BCUT2D eigenvalue weighted by Crippen LogP contribution is -2.46. The third-order valence-corrected chi connectivity index (χ3v) is 12.4. The number of nitrogens with two attached hydrogens (primary N) is 1. The zero-order chi connectivity index (χ0) is 46.6. The molecule has 7 atom stereocenters. The molecule has 0 aliphatic carbocycles. The minimum absolute atomic E-state index is 0.0179. The monoisotopic (exact) mass is 960 g/mol. The van der Waals surface area contributed by atoms with Gasteiger partial charge in [-0.15, -0.1) is 0 Å². The van der Waals surface area contributed by atoms with Crippen molar-refractivity contribution in [2.24, 2.45) is 5.41 Å². The van der Waals surface area contributed by atoms with Crippen LogP contribution in [-0.4, -0.2) is 129 Å². The van der Waals surface area contributed by atoms with E-state index in [4.69, 9.17) is 19.5 Å². The quantitative estimate of drug-likeness (QED) is 0.0261. The number of nitrogens with zero attached hydrogens (tertiary/aromatic N) is 4. The maximum Gasteiger partial charge on any atom is 0.481 e. The van der Waals surface area contributed by atoms with E-state index in [9.17, 15) is 67.8 Å². The standard InChI is InChI=1S/C32H50N7O19P3S/c1-18(2)6-5-7-19(12-22(41)42)13-23(43)62-11-10-34-21(40)8-9-35-30(46)27(45)32(3,4)15-55-61(52,53)58-60(50,51)54-14-20-26(57-59(47,48)49)25(44)31(56-20)39-17-38-24-28(33)36-16-37-29(24)39/h6,13,16-17,20,25-27,31,44-45H,5,7-12,14-15H2,1-4H3,(H,34,40)(H,35,46)(H,41,42)(H,50,51)(H,52,53)(H2,33,36,37)(H2,47,48,49)/p-1/b19-13+/t20-,25-,26-,27-,31-/m1/s1. The van der Waals surface area contributed by atoms with E-state index >= 15 is 0 Å². The third kappa shape index (κ3) is 17.2. The Morgan fingerprint density at radius 1 is 1.05 bits per heavy atom. The molecule has 1 fully saturated rings. The first-order valence-electron chi connectivity index (χ1n) is 18.3.